The molecule has 0 spiro atoms. The van der Waals surface area contributed by atoms with E-state index >= 15 is 0 Å². The van der Waals surface area contributed by atoms with Crippen LogP contribution in [0.5, 0.6) is 0 Å². The summed E-state index contributed by atoms with van der Waals surface area (Å²) in [6.45, 7) is 1.12. The third kappa shape index (κ3) is 3.29. The lowest BCUT2D eigenvalue weighted by Gasteiger charge is -2.14. The first-order chi connectivity index (χ1) is 9.07. The van der Waals surface area contributed by atoms with Crippen molar-refractivity contribution in [3.05, 3.63) is 35.4 Å². The van der Waals surface area contributed by atoms with Crippen LogP contribution in [0.15, 0.2) is 18.2 Å². The van der Waals surface area contributed by atoms with Gasteiger partial charge in [-0.05, 0) is 44.0 Å². The van der Waals surface area contributed by atoms with Crippen LogP contribution < -0.4 is 10.6 Å². The molecule has 2 rings (SSSR count). The Morgan fingerprint density at radius 3 is 2.63 bits per heavy atom. The molecule has 1 saturated carbocycles. The lowest BCUT2D eigenvalue weighted by molar-refractivity contribution is -0.126. The molecule has 0 bridgehead atoms. The molecule has 0 radical (unpaired) electrons. The topological polar surface area (TPSA) is 41.1 Å². The molecule has 0 unspecified atom stereocenters. The van der Waals surface area contributed by atoms with Gasteiger partial charge < -0.3 is 10.6 Å². The summed E-state index contributed by atoms with van der Waals surface area (Å²) in [7, 11) is 1.83. The van der Waals surface area contributed by atoms with E-state index < -0.39 is 11.6 Å². The van der Waals surface area contributed by atoms with Crippen molar-refractivity contribution in [2.45, 2.75) is 19.3 Å². The number of nitrogens with one attached hydrogen (secondary N) is 2. The maximum Gasteiger partial charge on any atom is 0.227 e. The highest BCUT2D eigenvalue weighted by atomic mass is 19.2. The quantitative estimate of drug-likeness (QED) is 0.823. The Kier molecular flexibility index (Phi) is 4.14. The number of halogens is 2. The van der Waals surface area contributed by atoms with Crippen molar-refractivity contribution in [1.29, 1.82) is 0 Å². The fraction of sp³-hybridized carbons (Fsp3) is 0.500. The van der Waals surface area contributed by atoms with Crippen LogP contribution in [0.4, 0.5) is 8.78 Å². The SMILES string of the molecule is CNCC1(C(=O)NCCc2ccc(F)c(F)c2)CC1. The number of rotatable bonds is 6. The van der Waals surface area contributed by atoms with E-state index in [1.165, 1.54) is 12.1 Å². The summed E-state index contributed by atoms with van der Waals surface area (Å²) in [5.41, 5.74) is 0.431. The highest BCUT2D eigenvalue weighted by Gasteiger charge is 2.48. The third-order valence-electron chi connectivity index (χ3n) is 3.53. The lowest BCUT2D eigenvalue weighted by atomic mass is 10.1. The average molecular weight is 268 g/mol. The molecule has 0 aromatic heterocycles. The molecule has 1 aromatic rings. The van der Waals surface area contributed by atoms with Crippen LogP contribution in [0.3, 0.4) is 0 Å². The van der Waals surface area contributed by atoms with Crippen LogP contribution in [-0.4, -0.2) is 26.0 Å². The van der Waals surface area contributed by atoms with Crippen molar-refractivity contribution >= 4 is 5.91 Å². The van der Waals surface area contributed by atoms with E-state index in [0.29, 0.717) is 25.1 Å². The van der Waals surface area contributed by atoms with Gasteiger partial charge in [0.25, 0.3) is 0 Å². The molecule has 1 amide bonds. The Hall–Kier alpha value is -1.49. The molecule has 19 heavy (non-hydrogen) atoms. The Bertz CT molecular complexity index is 473. The molecule has 1 fully saturated rings. The molecule has 3 nitrogen and oxygen atoms in total. The minimum atomic E-state index is -0.849. The van der Waals surface area contributed by atoms with E-state index in [1.807, 2.05) is 7.05 Å². The Labute approximate surface area is 111 Å². The molecule has 0 atom stereocenters. The van der Waals surface area contributed by atoms with Gasteiger partial charge in [-0.25, -0.2) is 8.78 Å². The van der Waals surface area contributed by atoms with Crippen molar-refractivity contribution < 1.29 is 13.6 Å². The summed E-state index contributed by atoms with van der Waals surface area (Å²) >= 11 is 0. The monoisotopic (exact) mass is 268 g/mol. The minimum Gasteiger partial charge on any atom is -0.355 e. The average Bonchev–Trinajstić information content (AvgIpc) is 3.15. The zero-order chi connectivity index (χ0) is 13.9. The summed E-state index contributed by atoms with van der Waals surface area (Å²) < 4.78 is 25.7. The van der Waals surface area contributed by atoms with Crippen molar-refractivity contribution in [3.63, 3.8) is 0 Å². The van der Waals surface area contributed by atoms with Gasteiger partial charge in [0.2, 0.25) is 5.91 Å². The van der Waals surface area contributed by atoms with Crippen molar-refractivity contribution in [2.24, 2.45) is 5.41 Å². The lowest BCUT2D eigenvalue weighted by Crippen LogP contribution is -2.38. The fourth-order valence-corrected chi connectivity index (χ4v) is 2.18. The second-order valence-corrected chi connectivity index (χ2v) is 5.07. The molecule has 0 heterocycles. The van der Waals surface area contributed by atoms with Gasteiger partial charge >= 0.3 is 0 Å². The fourth-order valence-electron chi connectivity index (χ4n) is 2.18. The molecule has 2 N–H and O–H groups in total. The Morgan fingerprint density at radius 2 is 2.05 bits per heavy atom. The van der Waals surface area contributed by atoms with Gasteiger partial charge in [0.1, 0.15) is 0 Å². The van der Waals surface area contributed by atoms with Gasteiger partial charge in [0, 0.05) is 13.1 Å². The third-order valence-corrected chi connectivity index (χ3v) is 3.53. The summed E-state index contributed by atoms with van der Waals surface area (Å²) in [5, 5.41) is 5.88. The number of hydrogen-bond acceptors (Lipinski definition) is 2. The van der Waals surface area contributed by atoms with E-state index in [4.69, 9.17) is 0 Å². The first-order valence-electron chi connectivity index (χ1n) is 6.44. The highest BCUT2D eigenvalue weighted by Crippen LogP contribution is 2.45. The van der Waals surface area contributed by atoms with Crippen molar-refractivity contribution in [2.75, 3.05) is 20.1 Å². The van der Waals surface area contributed by atoms with Crippen molar-refractivity contribution in [3.8, 4) is 0 Å². The normalized spacial score (nSPS) is 16.2. The number of hydrogen-bond donors (Lipinski definition) is 2. The minimum absolute atomic E-state index is 0.0458. The van der Waals surface area contributed by atoms with Gasteiger partial charge in [0.05, 0.1) is 5.41 Å². The van der Waals surface area contributed by atoms with Crippen molar-refractivity contribution in [1.82, 2.24) is 10.6 Å². The van der Waals surface area contributed by atoms with E-state index in [-0.39, 0.29) is 11.3 Å². The van der Waals surface area contributed by atoms with E-state index in [1.54, 1.807) is 0 Å². The molecule has 0 saturated heterocycles. The standard InChI is InChI=1S/C14H18F2N2O/c1-17-9-14(5-6-14)13(19)18-7-4-10-2-3-11(15)12(16)8-10/h2-3,8,17H,4-7,9H2,1H3,(H,18,19). The predicted molar refractivity (Wildman–Crippen MR) is 68.7 cm³/mol. The van der Waals surface area contributed by atoms with Crippen LogP contribution in [-0.2, 0) is 11.2 Å². The molecule has 1 aromatic carbocycles. The molecule has 0 aliphatic heterocycles. The number of amides is 1. The van der Waals surface area contributed by atoms with Crippen LogP contribution in [0, 0.1) is 17.0 Å². The van der Waals surface area contributed by atoms with Crippen LogP contribution in [0.1, 0.15) is 18.4 Å². The smallest absolute Gasteiger partial charge is 0.227 e. The summed E-state index contributed by atoms with van der Waals surface area (Å²) in [5.74, 6) is -1.65. The van der Waals surface area contributed by atoms with Crippen LogP contribution in [0.2, 0.25) is 0 Å². The second-order valence-electron chi connectivity index (χ2n) is 5.07. The summed E-state index contributed by atoms with van der Waals surface area (Å²) in [4.78, 5) is 11.9. The zero-order valence-corrected chi connectivity index (χ0v) is 10.9. The Morgan fingerprint density at radius 1 is 1.32 bits per heavy atom. The number of benzene rings is 1. The maximum absolute atomic E-state index is 13.0. The zero-order valence-electron chi connectivity index (χ0n) is 10.9. The largest absolute Gasteiger partial charge is 0.355 e. The maximum atomic E-state index is 13.0. The molecule has 5 heteroatoms. The molecular weight excluding hydrogens is 250 g/mol. The van der Waals surface area contributed by atoms with Gasteiger partial charge in [0.15, 0.2) is 11.6 Å². The van der Waals surface area contributed by atoms with E-state index in [0.717, 1.165) is 18.9 Å². The second kappa shape index (κ2) is 5.65. The number of carbonyl (C=O) groups is 1. The van der Waals surface area contributed by atoms with Gasteiger partial charge in [-0.15, -0.1) is 0 Å². The Balaban J connectivity index is 1.80. The highest BCUT2D eigenvalue weighted by molar-refractivity contribution is 5.85. The van der Waals surface area contributed by atoms with Crippen LogP contribution in [0.25, 0.3) is 0 Å². The first-order valence-corrected chi connectivity index (χ1v) is 6.44. The first kappa shape index (κ1) is 13.9. The summed E-state index contributed by atoms with van der Waals surface area (Å²) in [6, 6.07) is 3.81. The number of carbonyl (C=O) groups excluding carboxylic acids is 1. The van der Waals surface area contributed by atoms with Gasteiger partial charge in [-0.3, -0.25) is 4.79 Å². The molecular formula is C14H18F2N2O. The van der Waals surface area contributed by atoms with E-state index in [2.05, 4.69) is 10.6 Å². The van der Waals surface area contributed by atoms with Crippen LogP contribution >= 0.6 is 0 Å². The van der Waals surface area contributed by atoms with E-state index in [9.17, 15) is 13.6 Å². The predicted octanol–water partition coefficient (Wildman–Crippen LogP) is 1.62. The molecule has 1 aliphatic carbocycles. The summed E-state index contributed by atoms with van der Waals surface area (Å²) in [6.07, 6.45) is 2.31. The van der Waals surface area contributed by atoms with Gasteiger partial charge in [-0.1, -0.05) is 6.07 Å². The molecule has 1 aliphatic rings. The van der Waals surface area contributed by atoms with Gasteiger partial charge in [-0.2, -0.15) is 0 Å². The molecule has 104 valence electrons.